The maximum atomic E-state index is 2.84. The highest BCUT2D eigenvalue weighted by Gasteiger charge is 2.68. The Hall–Kier alpha value is 0. The summed E-state index contributed by atoms with van der Waals surface area (Å²) in [6.45, 7) is 18.5. The fourth-order valence-corrected chi connectivity index (χ4v) is 12.0. The molecule has 5 fully saturated rings. The van der Waals surface area contributed by atoms with Crippen molar-refractivity contribution in [1.82, 2.24) is 0 Å². The molecule has 0 heterocycles. The highest BCUT2D eigenvalue weighted by molar-refractivity contribution is 5.17. The largest absolute Gasteiger partial charge is 0.0648 e. The normalized spacial score (nSPS) is 54.8. The Balaban J connectivity index is 1.51. The predicted molar refractivity (Wildman–Crippen MR) is 129 cm³/mol. The summed E-state index contributed by atoms with van der Waals surface area (Å²) in [7, 11) is 0. The van der Waals surface area contributed by atoms with Crippen LogP contribution in [0.3, 0.4) is 0 Å². The van der Waals surface area contributed by atoms with Crippen LogP contribution in [-0.2, 0) is 0 Å². The van der Waals surface area contributed by atoms with E-state index >= 15 is 0 Å². The first kappa shape index (κ1) is 21.8. The van der Waals surface area contributed by atoms with Crippen LogP contribution in [0.4, 0.5) is 0 Å². The van der Waals surface area contributed by atoms with Gasteiger partial charge in [-0.2, -0.15) is 0 Å². The lowest BCUT2D eigenvalue weighted by Crippen LogP contribution is -2.64. The van der Waals surface area contributed by atoms with Gasteiger partial charge in [0, 0.05) is 0 Å². The van der Waals surface area contributed by atoms with Crippen molar-refractivity contribution in [2.75, 3.05) is 0 Å². The first-order valence-electron chi connectivity index (χ1n) is 14.1. The summed E-state index contributed by atoms with van der Waals surface area (Å²) >= 11 is 0. The van der Waals surface area contributed by atoms with E-state index in [2.05, 4.69) is 48.5 Å². The fourth-order valence-electron chi connectivity index (χ4n) is 12.0. The van der Waals surface area contributed by atoms with E-state index < -0.39 is 0 Å². The van der Waals surface area contributed by atoms with Gasteiger partial charge in [-0.25, -0.2) is 0 Å². The maximum absolute atomic E-state index is 2.84. The average molecular weight is 413 g/mol. The van der Waals surface area contributed by atoms with E-state index in [9.17, 15) is 0 Å². The van der Waals surface area contributed by atoms with E-state index in [-0.39, 0.29) is 0 Å². The Labute approximate surface area is 188 Å². The lowest BCUT2D eigenvalue weighted by molar-refractivity contribution is -0.225. The molecule has 9 atom stereocenters. The van der Waals surface area contributed by atoms with Gasteiger partial charge in [-0.15, -0.1) is 0 Å². The Bertz CT molecular complexity index is 659. The quantitative estimate of drug-likeness (QED) is 0.424. The zero-order valence-corrected chi connectivity index (χ0v) is 21.5. The molecule has 0 bridgehead atoms. The maximum Gasteiger partial charge on any atom is -0.0212 e. The summed E-state index contributed by atoms with van der Waals surface area (Å²) in [6.07, 6.45) is 18.4. The second-order valence-electron chi connectivity index (χ2n) is 14.5. The lowest BCUT2D eigenvalue weighted by Gasteiger charge is -2.71. The van der Waals surface area contributed by atoms with Gasteiger partial charge in [-0.05, 0) is 134 Å². The molecule has 0 spiro atoms. The van der Waals surface area contributed by atoms with Crippen molar-refractivity contribution in [3.63, 3.8) is 0 Å². The standard InChI is InChI=1S/C30H52/c1-8-30-19-15-23-22(10-9-16-27(23,4)5)25(30)11-12-26-28(6)17-13-21(20(2)3)24(28)14-18-29(26,30)7/h20-26H,8-19H2,1-7H3/t21-,22+,23-,24-,25-,26-,28+,29-,30-/m1/s1. The molecule has 5 aliphatic carbocycles. The third-order valence-electron chi connectivity index (χ3n) is 13.3. The molecule has 0 unspecified atom stereocenters. The highest BCUT2D eigenvalue weighted by atomic mass is 14.7. The molecule has 5 saturated carbocycles. The smallest absolute Gasteiger partial charge is 0.0212 e. The molecular formula is C30H52. The lowest BCUT2D eigenvalue weighted by atomic mass is 9.33. The molecule has 0 N–H and O–H groups in total. The van der Waals surface area contributed by atoms with Crippen LogP contribution >= 0.6 is 0 Å². The van der Waals surface area contributed by atoms with Crippen molar-refractivity contribution in [2.24, 2.45) is 63.1 Å². The van der Waals surface area contributed by atoms with E-state index in [0.29, 0.717) is 21.7 Å². The molecule has 5 rings (SSSR count). The Morgan fingerprint density at radius 2 is 1.47 bits per heavy atom. The van der Waals surface area contributed by atoms with Gasteiger partial charge in [0.25, 0.3) is 0 Å². The monoisotopic (exact) mass is 412 g/mol. The van der Waals surface area contributed by atoms with Crippen LogP contribution < -0.4 is 0 Å². The number of hydrogen-bond donors (Lipinski definition) is 0. The van der Waals surface area contributed by atoms with Gasteiger partial charge in [-0.1, -0.05) is 54.9 Å². The van der Waals surface area contributed by atoms with Gasteiger partial charge in [0.15, 0.2) is 0 Å². The molecule has 0 aromatic rings. The van der Waals surface area contributed by atoms with Crippen LogP contribution in [0.5, 0.6) is 0 Å². The fraction of sp³-hybridized carbons (Fsp3) is 1.00. The first-order valence-corrected chi connectivity index (χ1v) is 14.1. The van der Waals surface area contributed by atoms with Gasteiger partial charge in [0.05, 0.1) is 0 Å². The van der Waals surface area contributed by atoms with Crippen LogP contribution in [0.25, 0.3) is 0 Å². The molecule has 0 saturated heterocycles. The Morgan fingerprint density at radius 1 is 0.733 bits per heavy atom. The molecule has 172 valence electrons. The van der Waals surface area contributed by atoms with E-state index in [1.165, 1.54) is 32.1 Å². The zero-order chi connectivity index (χ0) is 21.5. The van der Waals surface area contributed by atoms with Gasteiger partial charge >= 0.3 is 0 Å². The Morgan fingerprint density at radius 3 is 2.17 bits per heavy atom. The molecule has 0 aromatic carbocycles. The Kier molecular flexibility index (Phi) is 5.09. The van der Waals surface area contributed by atoms with E-state index in [0.717, 1.165) is 41.4 Å². The topological polar surface area (TPSA) is 0 Å². The van der Waals surface area contributed by atoms with Crippen molar-refractivity contribution >= 4 is 0 Å². The summed E-state index contributed by atoms with van der Waals surface area (Å²) < 4.78 is 0. The SMILES string of the molecule is CC[C@@]12CC[C@@H]3[C@H](CCCC3(C)C)[C@H]1CC[C@@H]1[C@@]3(C)CC[C@H](C(C)C)[C@H]3CC[C@]12C. The minimum Gasteiger partial charge on any atom is -0.0648 e. The van der Waals surface area contributed by atoms with Crippen molar-refractivity contribution in [3.8, 4) is 0 Å². The summed E-state index contributed by atoms with van der Waals surface area (Å²) in [5, 5.41) is 0. The molecule has 0 aliphatic heterocycles. The van der Waals surface area contributed by atoms with E-state index in [1.807, 2.05) is 0 Å². The van der Waals surface area contributed by atoms with Gasteiger partial charge < -0.3 is 0 Å². The van der Waals surface area contributed by atoms with Crippen molar-refractivity contribution in [2.45, 2.75) is 126 Å². The van der Waals surface area contributed by atoms with Gasteiger partial charge in [0.2, 0.25) is 0 Å². The van der Waals surface area contributed by atoms with E-state index in [1.54, 1.807) is 44.9 Å². The molecule has 0 radical (unpaired) electrons. The molecular weight excluding hydrogens is 360 g/mol. The van der Waals surface area contributed by atoms with Crippen LogP contribution in [0.15, 0.2) is 0 Å². The van der Waals surface area contributed by atoms with Crippen molar-refractivity contribution < 1.29 is 0 Å². The molecule has 0 aromatic heterocycles. The third kappa shape index (κ3) is 2.64. The van der Waals surface area contributed by atoms with Crippen LogP contribution in [0, 0.1) is 63.1 Å². The molecule has 5 aliphatic rings. The first-order chi connectivity index (χ1) is 14.1. The van der Waals surface area contributed by atoms with Gasteiger partial charge in [-0.3, -0.25) is 0 Å². The number of hydrogen-bond acceptors (Lipinski definition) is 0. The summed E-state index contributed by atoms with van der Waals surface area (Å²) in [5.74, 6) is 6.99. The van der Waals surface area contributed by atoms with Crippen molar-refractivity contribution in [1.29, 1.82) is 0 Å². The van der Waals surface area contributed by atoms with Gasteiger partial charge in [0.1, 0.15) is 0 Å². The van der Waals surface area contributed by atoms with Crippen LogP contribution in [0.1, 0.15) is 126 Å². The third-order valence-corrected chi connectivity index (χ3v) is 13.3. The van der Waals surface area contributed by atoms with Crippen LogP contribution in [0.2, 0.25) is 0 Å². The summed E-state index contributed by atoms with van der Waals surface area (Å²) in [5.41, 5.74) is 2.49. The molecule has 0 nitrogen and oxygen atoms in total. The average Bonchev–Trinajstić information content (AvgIpc) is 3.04. The number of fused-ring (bicyclic) bond motifs is 7. The second-order valence-corrected chi connectivity index (χ2v) is 14.5. The van der Waals surface area contributed by atoms with Crippen LogP contribution in [-0.4, -0.2) is 0 Å². The zero-order valence-electron chi connectivity index (χ0n) is 21.5. The minimum atomic E-state index is 0.597. The summed E-state index contributed by atoms with van der Waals surface area (Å²) in [4.78, 5) is 0. The predicted octanol–water partition coefficient (Wildman–Crippen LogP) is 9.13. The molecule has 30 heavy (non-hydrogen) atoms. The molecule has 0 amide bonds. The highest BCUT2D eigenvalue weighted by Crippen LogP contribution is 2.76. The van der Waals surface area contributed by atoms with Crippen molar-refractivity contribution in [3.05, 3.63) is 0 Å². The number of rotatable bonds is 2. The van der Waals surface area contributed by atoms with E-state index in [4.69, 9.17) is 0 Å². The minimum absolute atomic E-state index is 0.597. The second kappa shape index (κ2) is 7.00. The molecule has 0 heteroatoms. The summed E-state index contributed by atoms with van der Waals surface area (Å²) in [6, 6.07) is 0.